The van der Waals surface area contributed by atoms with Crippen LogP contribution in [0.2, 0.25) is 0 Å². The van der Waals surface area contributed by atoms with Crippen molar-refractivity contribution < 1.29 is 13.4 Å². The summed E-state index contributed by atoms with van der Waals surface area (Å²) in [4.78, 5) is 16.5. The van der Waals surface area contributed by atoms with E-state index in [1.165, 1.54) is 23.4 Å². The summed E-state index contributed by atoms with van der Waals surface area (Å²) in [6, 6.07) is 2.66. The highest BCUT2D eigenvalue weighted by Gasteiger charge is 2.26. The Morgan fingerprint density at radius 2 is 1.79 bits per heavy atom. The van der Waals surface area contributed by atoms with Gasteiger partial charge in [-0.15, -0.1) is 4.36 Å². The van der Waals surface area contributed by atoms with Crippen molar-refractivity contribution in [1.29, 1.82) is 0 Å². The molecule has 0 saturated carbocycles. The van der Waals surface area contributed by atoms with Crippen LogP contribution in [0.1, 0.15) is 60.4 Å². The Morgan fingerprint density at radius 1 is 1.17 bits per heavy atom. The van der Waals surface area contributed by atoms with Crippen LogP contribution in [0.4, 0.5) is 14.9 Å². The van der Waals surface area contributed by atoms with Gasteiger partial charge in [-0.2, -0.15) is 0 Å². The number of anilines is 1. The molecule has 4 rings (SSSR count). The summed E-state index contributed by atoms with van der Waals surface area (Å²) >= 11 is 0. The third-order valence-electron chi connectivity index (χ3n) is 5.70. The van der Waals surface area contributed by atoms with Crippen LogP contribution in [0.3, 0.4) is 0 Å². The van der Waals surface area contributed by atoms with Gasteiger partial charge < -0.3 is 5.32 Å². The molecule has 0 saturated heterocycles. The number of pyridine rings is 1. The van der Waals surface area contributed by atoms with Crippen molar-refractivity contribution in [3.63, 3.8) is 0 Å². The first-order valence-electron chi connectivity index (χ1n) is 9.94. The van der Waals surface area contributed by atoms with Gasteiger partial charge in [-0.1, -0.05) is 19.9 Å². The van der Waals surface area contributed by atoms with Gasteiger partial charge in [-0.05, 0) is 78.3 Å². The number of nitrogens with two attached hydrogens (primary N) is 1. The van der Waals surface area contributed by atoms with Gasteiger partial charge in [-0.3, -0.25) is 0 Å². The molecule has 2 aliphatic rings. The summed E-state index contributed by atoms with van der Waals surface area (Å²) in [7, 11) is -3.80. The minimum atomic E-state index is -3.80. The minimum Gasteiger partial charge on any atom is -0.305 e. The molecular formula is C21H25FN4O2S. The van der Waals surface area contributed by atoms with Crippen LogP contribution in [-0.4, -0.2) is 15.2 Å². The second kappa shape index (κ2) is 7.50. The Bertz CT molecular complexity index is 1090. The first kappa shape index (κ1) is 20.0. The van der Waals surface area contributed by atoms with E-state index >= 15 is 0 Å². The third kappa shape index (κ3) is 3.79. The summed E-state index contributed by atoms with van der Waals surface area (Å²) in [6.45, 7) is 3.79. The van der Waals surface area contributed by atoms with Crippen molar-refractivity contribution in [1.82, 2.24) is 4.98 Å². The lowest BCUT2D eigenvalue weighted by Crippen LogP contribution is -2.21. The summed E-state index contributed by atoms with van der Waals surface area (Å²) in [5.41, 5.74) is 6.20. The van der Waals surface area contributed by atoms with Gasteiger partial charge in [0.1, 0.15) is 0 Å². The van der Waals surface area contributed by atoms with E-state index in [1.54, 1.807) is 0 Å². The molecule has 3 N–H and O–H groups in total. The molecule has 8 heteroatoms. The second-order valence-corrected chi connectivity index (χ2v) is 9.74. The maximum atomic E-state index is 14.4. The number of fused-ring (bicyclic) bond motifs is 2. The van der Waals surface area contributed by atoms with E-state index in [-0.39, 0.29) is 5.92 Å². The van der Waals surface area contributed by atoms with Crippen LogP contribution in [0.5, 0.6) is 0 Å². The van der Waals surface area contributed by atoms with Crippen molar-refractivity contribution in [2.24, 2.45) is 9.50 Å². The predicted molar refractivity (Wildman–Crippen MR) is 111 cm³/mol. The number of hydrogen-bond donors (Lipinski definition) is 2. The molecule has 1 aromatic carbocycles. The van der Waals surface area contributed by atoms with E-state index in [0.717, 1.165) is 55.3 Å². The zero-order valence-electron chi connectivity index (χ0n) is 16.6. The highest BCUT2D eigenvalue weighted by molar-refractivity contribution is 7.91. The predicted octanol–water partition coefficient (Wildman–Crippen LogP) is 4.25. The Labute approximate surface area is 170 Å². The number of hydrogen-bond acceptors (Lipinski definition) is 3. The molecule has 0 fully saturated rings. The number of urea groups is 1. The van der Waals surface area contributed by atoms with Crippen molar-refractivity contribution in [3.8, 4) is 0 Å². The van der Waals surface area contributed by atoms with Crippen molar-refractivity contribution in [2.45, 2.75) is 63.3 Å². The summed E-state index contributed by atoms with van der Waals surface area (Å²) < 4.78 is 30.8. The highest BCUT2D eigenvalue weighted by atomic mass is 32.2. The van der Waals surface area contributed by atoms with Crippen LogP contribution in [-0.2, 0) is 35.6 Å². The molecule has 0 bridgehead atoms. The Hall–Kier alpha value is -2.32. The molecule has 1 aromatic heterocycles. The van der Waals surface area contributed by atoms with Gasteiger partial charge in [0.05, 0.1) is 0 Å². The second-order valence-electron chi connectivity index (χ2n) is 8.03. The molecule has 154 valence electrons. The van der Waals surface area contributed by atoms with Gasteiger partial charge in [-0.25, -0.2) is 23.5 Å². The topological polar surface area (TPSA) is 97.4 Å². The Kier molecular flexibility index (Phi) is 5.16. The Morgan fingerprint density at radius 3 is 2.34 bits per heavy atom. The van der Waals surface area contributed by atoms with Crippen molar-refractivity contribution in [3.05, 3.63) is 52.0 Å². The van der Waals surface area contributed by atoms with Crippen molar-refractivity contribution >= 4 is 21.6 Å². The first-order valence-corrected chi connectivity index (χ1v) is 11.5. The van der Waals surface area contributed by atoms with Gasteiger partial charge in [0.2, 0.25) is 0 Å². The van der Waals surface area contributed by atoms with Crippen LogP contribution in [0.15, 0.2) is 27.7 Å². The van der Waals surface area contributed by atoms with E-state index in [1.807, 2.05) is 13.8 Å². The quantitative estimate of drug-likeness (QED) is 0.782. The van der Waals surface area contributed by atoms with E-state index in [4.69, 9.17) is 5.14 Å². The van der Waals surface area contributed by atoms with Crippen LogP contribution in [0, 0.1) is 5.82 Å². The standard InChI is InChI=1S/C21H25FN4O2S/c1-12(2)15-10-18(22)20(24-11-15)29(23,28)26-21(27)25-19-16-7-3-5-13(16)9-14-6-4-8-17(14)19/h9-12H,3-8H2,1-2H3,(H3,23,25,26,27,28)/t29-/m1/s1. The summed E-state index contributed by atoms with van der Waals surface area (Å²) in [5, 5.41) is 8.05. The number of amides is 2. The molecule has 2 aliphatic carbocycles. The van der Waals surface area contributed by atoms with E-state index in [9.17, 15) is 13.4 Å². The first-order chi connectivity index (χ1) is 13.8. The number of aryl methyl sites for hydroxylation is 2. The third-order valence-corrected chi connectivity index (χ3v) is 6.99. The van der Waals surface area contributed by atoms with E-state index < -0.39 is 26.8 Å². The number of carbonyl (C=O) groups is 1. The minimum absolute atomic E-state index is 0.0578. The molecule has 1 heterocycles. The molecule has 1 atom stereocenters. The van der Waals surface area contributed by atoms with Crippen LogP contribution < -0.4 is 10.5 Å². The maximum Gasteiger partial charge on any atom is 0.354 e. The average Bonchev–Trinajstić information content (AvgIpc) is 3.29. The smallest absolute Gasteiger partial charge is 0.305 e. The number of nitrogens with zero attached hydrogens (tertiary/aromatic N) is 2. The molecule has 6 nitrogen and oxygen atoms in total. The lowest BCUT2D eigenvalue weighted by atomic mass is 9.99. The molecular weight excluding hydrogens is 391 g/mol. The zero-order valence-corrected chi connectivity index (χ0v) is 17.4. The van der Waals surface area contributed by atoms with Crippen molar-refractivity contribution in [2.75, 3.05) is 5.32 Å². The molecule has 2 aromatic rings. The largest absolute Gasteiger partial charge is 0.354 e. The Balaban J connectivity index is 1.67. The van der Waals surface area contributed by atoms with Gasteiger partial charge >= 0.3 is 6.03 Å². The van der Waals surface area contributed by atoms with E-state index in [2.05, 4.69) is 20.7 Å². The normalized spacial score (nSPS) is 17.0. The highest BCUT2D eigenvalue weighted by Crippen LogP contribution is 2.38. The average molecular weight is 417 g/mol. The maximum absolute atomic E-state index is 14.4. The molecule has 0 aliphatic heterocycles. The number of carbonyl (C=O) groups excluding carboxylic acids is 1. The fourth-order valence-corrected chi connectivity index (χ4v) is 5.15. The molecule has 0 unspecified atom stereocenters. The fourth-order valence-electron chi connectivity index (χ4n) is 4.23. The SMILES string of the molecule is CC(C)c1cnc([S@](N)(=O)=NC(=O)Nc2c3c(cc4c2CCC4)CCC3)c(F)c1. The number of aromatic nitrogens is 1. The monoisotopic (exact) mass is 416 g/mol. The number of halogens is 1. The lowest BCUT2D eigenvalue weighted by Gasteiger charge is -2.15. The van der Waals surface area contributed by atoms with Crippen LogP contribution >= 0.6 is 0 Å². The molecule has 0 radical (unpaired) electrons. The molecule has 2 amide bonds. The van der Waals surface area contributed by atoms with Gasteiger partial charge in [0, 0.05) is 11.9 Å². The van der Waals surface area contributed by atoms with Gasteiger partial charge in [0.15, 0.2) is 20.8 Å². The summed E-state index contributed by atoms with van der Waals surface area (Å²) in [5.74, 6) is -0.760. The zero-order chi connectivity index (χ0) is 20.8. The summed E-state index contributed by atoms with van der Waals surface area (Å²) in [6.07, 6.45) is 7.28. The number of benzene rings is 1. The van der Waals surface area contributed by atoms with Gasteiger partial charge in [0.25, 0.3) is 0 Å². The van der Waals surface area contributed by atoms with E-state index in [0.29, 0.717) is 5.56 Å². The lowest BCUT2D eigenvalue weighted by molar-refractivity contribution is 0.260. The number of rotatable bonds is 3. The molecule has 29 heavy (non-hydrogen) atoms. The fraction of sp³-hybridized carbons (Fsp3) is 0.429. The number of nitrogens with one attached hydrogen (secondary N) is 1. The molecule has 0 spiro atoms. The van der Waals surface area contributed by atoms with Crippen LogP contribution in [0.25, 0.3) is 0 Å².